The molecule has 0 saturated heterocycles. The van der Waals surface area contributed by atoms with Gasteiger partial charge >= 0.3 is 11.9 Å². The lowest BCUT2D eigenvalue weighted by molar-refractivity contribution is -0.149. The van der Waals surface area contributed by atoms with Crippen molar-refractivity contribution >= 4 is 36.4 Å². The minimum absolute atomic E-state index is 0.118. The fourth-order valence-corrected chi connectivity index (χ4v) is 5.74. The van der Waals surface area contributed by atoms with Gasteiger partial charge in [-0.25, -0.2) is 24.8 Å². The number of aromatic nitrogens is 4. The summed E-state index contributed by atoms with van der Waals surface area (Å²) in [5, 5.41) is 2.85. The minimum Gasteiger partial charge on any atom is -0.464 e. The molecule has 1 aromatic carbocycles. The van der Waals surface area contributed by atoms with E-state index in [1.54, 1.807) is 69.8 Å². The summed E-state index contributed by atoms with van der Waals surface area (Å²) in [5.41, 5.74) is 6.48. The number of hydrogen-bond donors (Lipinski definition) is 2. The number of rotatable bonds is 15. The van der Waals surface area contributed by atoms with Gasteiger partial charge < -0.3 is 29.0 Å². The van der Waals surface area contributed by atoms with Gasteiger partial charge in [-0.2, -0.15) is 0 Å². The fourth-order valence-electron chi connectivity index (χ4n) is 3.78. The number of nitrogen functional groups attached to an aromatic ring is 1. The van der Waals surface area contributed by atoms with Crippen LogP contribution in [0.4, 0.5) is 5.82 Å². The summed E-state index contributed by atoms with van der Waals surface area (Å²) >= 11 is 0. The van der Waals surface area contributed by atoms with E-state index in [2.05, 4.69) is 20.0 Å². The Morgan fingerprint density at radius 3 is 2.63 bits per heavy atom. The molecular weight excluding hydrogens is 551 g/mol. The molecule has 0 amide bonds. The highest BCUT2D eigenvalue weighted by Gasteiger charge is 2.38. The van der Waals surface area contributed by atoms with Crippen LogP contribution < -0.4 is 10.8 Å². The summed E-state index contributed by atoms with van der Waals surface area (Å²) in [6.07, 6.45) is 2.50. The minimum atomic E-state index is -3.81. The standard InChI is InChI=1S/C27H39N6O7P/c1-7-11-37-26(35)27(5,6)32-41(36,39-14-20-9-8-10-21(12-20)25(34)40-18(2)3)17-38-19(4)13-33-16-31-22-23(28)29-15-30-24(22)33/h8-10,12,15-16,18-19H,7,11,13-14,17H2,1-6H3,(H,32,36)(H2,28,29,30)/t19-,41?/m0/s1. The van der Waals surface area contributed by atoms with Gasteiger partial charge in [0.1, 0.15) is 23.7 Å². The van der Waals surface area contributed by atoms with Crippen molar-refractivity contribution in [2.45, 2.75) is 78.9 Å². The molecule has 3 aromatic rings. The zero-order valence-electron chi connectivity index (χ0n) is 24.3. The van der Waals surface area contributed by atoms with Crippen molar-refractivity contribution in [3.63, 3.8) is 0 Å². The third-order valence-electron chi connectivity index (χ3n) is 5.75. The first-order valence-electron chi connectivity index (χ1n) is 13.4. The van der Waals surface area contributed by atoms with Crippen LogP contribution in [0.3, 0.4) is 0 Å². The normalized spacial score (nSPS) is 14.1. The number of nitrogens with one attached hydrogen (secondary N) is 1. The smallest absolute Gasteiger partial charge is 0.338 e. The summed E-state index contributed by atoms with van der Waals surface area (Å²) in [6, 6.07) is 6.65. The molecule has 0 saturated carbocycles. The fraction of sp³-hybridized carbons (Fsp3) is 0.519. The predicted molar refractivity (Wildman–Crippen MR) is 153 cm³/mol. The summed E-state index contributed by atoms with van der Waals surface area (Å²) in [5.74, 6) is -0.779. The monoisotopic (exact) mass is 590 g/mol. The number of hydrogen-bond acceptors (Lipinski definition) is 11. The molecule has 1 unspecified atom stereocenters. The van der Waals surface area contributed by atoms with E-state index in [-0.39, 0.29) is 31.5 Å². The van der Waals surface area contributed by atoms with Gasteiger partial charge in [-0.3, -0.25) is 9.36 Å². The number of benzene rings is 1. The Balaban J connectivity index is 1.75. The Labute approximate surface area is 239 Å². The van der Waals surface area contributed by atoms with Crippen LogP contribution >= 0.6 is 7.52 Å². The van der Waals surface area contributed by atoms with E-state index < -0.39 is 31.1 Å². The van der Waals surface area contributed by atoms with E-state index in [4.69, 9.17) is 24.5 Å². The SMILES string of the molecule is CCCOC(=O)C(C)(C)NP(=O)(CO[C@@H](C)Cn1cnc2c(N)ncnc21)OCc1cccc(C(=O)OC(C)C)c1. The van der Waals surface area contributed by atoms with E-state index in [0.717, 1.165) is 0 Å². The number of ether oxygens (including phenoxy) is 3. The highest BCUT2D eigenvalue weighted by Crippen LogP contribution is 2.46. The molecule has 2 heterocycles. The summed E-state index contributed by atoms with van der Waals surface area (Å²) < 4.78 is 38.3. The molecule has 0 fully saturated rings. The van der Waals surface area contributed by atoms with E-state index in [1.165, 1.54) is 6.33 Å². The number of nitrogens with two attached hydrogens (primary N) is 1. The average Bonchev–Trinajstić information content (AvgIpc) is 3.33. The molecule has 0 radical (unpaired) electrons. The number of anilines is 1. The van der Waals surface area contributed by atoms with Crippen LogP contribution in [-0.4, -0.2) is 62.2 Å². The second kappa shape index (κ2) is 14.0. The number of carbonyl (C=O) groups is 2. The Bertz CT molecular complexity index is 1390. The number of imidazole rings is 1. The molecule has 0 aliphatic carbocycles. The van der Waals surface area contributed by atoms with Crippen molar-refractivity contribution in [3.05, 3.63) is 48.0 Å². The second-order valence-electron chi connectivity index (χ2n) is 10.4. The molecule has 3 rings (SSSR count). The van der Waals surface area contributed by atoms with Crippen LogP contribution in [0.15, 0.2) is 36.9 Å². The molecule has 0 bridgehead atoms. The highest BCUT2D eigenvalue weighted by atomic mass is 31.2. The molecule has 224 valence electrons. The van der Waals surface area contributed by atoms with Gasteiger partial charge in [0.25, 0.3) is 7.52 Å². The lowest BCUT2D eigenvalue weighted by atomic mass is 10.1. The average molecular weight is 591 g/mol. The van der Waals surface area contributed by atoms with Gasteiger partial charge in [-0.1, -0.05) is 19.1 Å². The zero-order chi connectivity index (χ0) is 30.2. The topological polar surface area (TPSA) is 170 Å². The van der Waals surface area contributed by atoms with Crippen molar-refractivity contribution < 1.29 is 32.9 Å². The van der Waals surface area contributed by atoms with Gasteiger partial charge in [0.15, 0.2) is 11.5 Å². The predicted octanol–water partition coefficient (Wildman–Crippen LogP) is 4.07. The van der Waals surface area contributed by atoms with Gasteiger partial charge in [-0.15, -0.1) is 0 Å². The highest BCUT2D eigenvalue weighted by molar-refractivity contribution is 7.56. The van der Waals surface area contributed by atoms with Crippen molar-refractivity contribution in [2.24, 2.45) is 0 Å². The van der Waals surface area contributed by atoms with Crippen LogP contribution in [0, 0.1) is 0 Å². The molecule has 0 aliphatic heterocycles. The van der Waals surface area contributed by atoms with Crippen molar-refractivity contribution in [2.75, 3.05) is 18.7 Å². The number of fused-ring (bicyclic) bond motifs is 1. The van der Waals surface area contributed by atoms with Crippen molar-refractivity contribution in [1.29, 1.82) is 0 Å². The van der Waals surface area contributed by atoms with Gasteiger partial charge in [0.05, 0.1) is 43.9 Å². The Kier molecular flexibility index (Phi) is 11.0. The number of esters is 2. The maximum atomic E-state index is 14.1. The third-order valence-corrected chi connectivity index (χ3v) is 7.69. The molecule has 3 N–H and O–H groups in total. The molecular formula is C27H39N6O7P. The second-order valence-corrected chi connectivity index (χ2v) is 12.5. The first-order valence-corrected chi connectivity index (χ1v) is 15.2. The Morgan fingerprint density at radius 2 is 1.93 bits per heavy atom. The van der Waals surface area contributed by atoms with Crippen LogP contribution in [-0.2, 0) is 41.2 Å². The first kappa shape index (κ1) is 32.1. The summed E-state index contributed by atoms with van der Waals surface area (Å²) in [7, 11) is -3.81. The van der Waals surface area contributed by atoms with E-state index >= 15 is 0 Å². The van der Waals surface area contributed by atoms with E-state index in [0.29, 0.717) is 35.3 Å². The van der Waals surface area contributed by atoms with Crippen LogP contribution in [0.25, 0.3) is 11.2 Å². The molecule has 13 nitrogen and oxygen atoms in total. The lowest BCUT2D eigenvalue weighted by Gasteiger charge is -2.30. The Morgan fingerprint density at radius 1 is 1.17 bits per heavy atom. The largest absolute Gasteiger partial charge is 0.464 e. The van der Waals surface area contributed by atoms with E-state index in [1.807, 2.05) is 6.92 Å². The van der Waals surface area contributed by atoms with Crippen LogP contribution in [0.1, 0.15) is 63.9 Å². The third kappa shape index (κ3) is 9.06. The van der Waals surface area contributed by atoms with Crippen LogP contribution in [0.2, 0.25) is 0 Å². The van der Waals surface area contributed by atoms with Gasteiger partial charge in [0.2, 0.25) is 0 Å². The van der Waals surface area contributed by atoms with Crippen LogP contribution in [0.5, 0.6) is 0 Å². The maximum Gasteiger partial charge on any atom is 0.338 e. The molecule has 2 atom stereocenters. The van der Waals surface area contributed by atoms with Crippen molar-refractivity contribution in [1.82, 2.24) is 24.6 Å². The van der Waals surface area contributed by atoms with Gasteiger partial charge in [-0.05, 0) is 58.7 Å². The van der Waals surface area contributed by atoms with Crippen molar-refractivity contribution in [3.8, 4) is 0 Å². The molecule has 0 aliphatic rings. The number of nitrogens with zero attached hydrogens (tertiary/aromatic N) is 4. The molecule has 2 aromatic heterocycles. The molecule has 41 heavy (non-hydrogen) atoms. The summed E-state index contributed by atoms with van der Waals surface area (Å²) in [4.78, 5) is 37.5. The summed E-state index contributed by atoms with van der Waals surface area (Å²) in [6.45, 7) is 10.8. The quantitative estimate of drug-likeness (QED) is 0.192. The molecule has 14 heteroatoms. The zero-order valence-corrected chi connectivity index (χ0v) is 25.2. The lowest BCUT2D eigenvalue weighted by Crippen LogP contribution is -2.47. The maximum absolute atomic E-state index is 14.1. The Hall–Kier alpha value is -3.38. The van der Waals surface area contributed by atoms with E-state index in [9.17, 15) is 14.2 Å². The first-order chi connectivity index (χ1) is 19.3. The number of carbonyl (C=O) groups excluding carboxylic acids is 2. The molecule has 0 spiro atoms. The van der Waals surface area contributed by atoms with Gasteiger partial charge in [0, 0.05) is 0 Å².